The van der Waals surface area contributed by atoms with Gasteiger partial charge in [0.15, 0.2) is 0 Å². The van der Waals surface area contributed by atoms with Gasteiger partial charge in [0.1, 0.15) is 5.69 Å². The molecule has 0 aliphatic heterocycles. The van der Waals surface area contributed by atoms with Crippen molar-refractivity contribution < 1.29 is 5.11 Å². The molecule has 0 saturated heterocycles. The van der Waals surface area contributed by atoms with E-state index in [-0.39, 0.29) is 0 Å². The molecule has 1 heterocycles. The SMILES string of the molecule is C=C(Nc1cccc(C(C)O)c1)c1nnn(Cc2ccc(Cl)c(Cl)c2)c1C. The summed E-state index contributed by atoms with van der Waals surface area (Å²) in [4.78, 5) is 0. The average Bonchev–Trinajstić information content (AvgIpc) is 2.99. The smallest absolute Gasteiger partial charge is 0.131 e. The molecular formula is C20H20Cl2N4O. The summed E-state index contributed by atoms with van der Waals surface area (Å²) >= 11 is 12.0. The number of hydrogen-bond acceptors (Lipinski definition) is 4. The number of benzene rings is 2. The lowest BCUT2D eigenvalue weighted by Gasteiger charge is -2.11. The Morgan fingerprint density at radius 3 is 2.70 bits per heavy atom. The minimum absolute atomic E-state index is 0.510. The van der Waals surface area contributed by atoms with Crippen molar-refractivity contribution in [1.29, 1.82) is 0 Å². The fourth-order valence-electron chi connectivity index (χ4n) is 2.71. The zero-order valence-electron chi connectivity index (χ0n) is 15.1. The Labute approximate surface area is 168 Å². The summed E-state index contributed by atoms with van der Waals surface area (Å²) < 4.78 is 1.79. The Hall–Kier alpha value is -2.34. The van der Waals surface area contributed by atoms with Crippen molar-refractivity contribution in [2.24, 2.45) is 0 Å². The Morgan fingerprint density at radius 1 is 1.22 bits per heavy atom. The molecule has 1 aromatic heterocycles. The maximum absolute atomic E-state index is 9.73. The first-order valence-electron chi connectivity index (χ1n) is 8.43. The number of nitrogens with one attached hydrogen (secondary N) is 1. The highest BCUT2D eigenvalue weighted by Gasteiger charge is 2.13. The van der Waals surface area contributed by atoms with E-state index in [0.717, 1.165) is 22.5 Å². The number of rotatable bonds is 6. The molecule has 0 saturated carbocycles. The predicted molar refractivity (Wildman–Crippen MR) is 110 cm³/mol. The highest BCUT2D eigenvalue weighted by atomic mass is 35.5. The van der Waals surface area contributed by atoms with Crippen LogP contribution in [-0.2, 0) is 6.54 Å². The quantitative estimate of drug-likeness (QED) is 0.603. The molecule has 27 heavy (non-hydrogen) atoms. The van der Waals surface area contributed by atoms with E-state index in [1.165, 1.54) is 0 Å². The molecular weight excluding hydrogens is 383 g/mol. The van der Waals surface area contributed by atoms with E-state index >= 15 is 0 Å². The van der Waals surface area contributed by atoms with Gasteiger partial charge in [-0.2, -0.15) is 0 Å². The van der Waals surface area contributed by atoms with Gasteiger partial charge in [0.2, 0.25) is 0 Å². The molecule has 5 nitrogen and oxygen atoms in total. The summed E-state index contributed by atoms with van der Waals surface area (Å²) in [6.45, 7) is 8.27. The molecule has 0 aliphatic carbocycles. The highest BCUT2D eigenvalue weighted by molar-refractivity contribution is 6.42. The molecule has 3 rings (SSSR count). The average molecular weight is 403 g/mol. The van der Waals surface area contributed by atoms with Gasteiger partial charge in [0.05, 0.1) is 34.1 Å². The van der Waals surface area contributed by atoms with E-state index < -0.39 is 6.10 Å². The van der Waals surface area contributed by atoms with Crippen LogP contribution >= 0.6 is 23.2 Å². The third-order valence-corrected chi connectivity index (χ3v) is 4.99. The second-order valence-corrected chi connectivity index (χ2v) is 7.15. The van der Waals surface area contributed by atoms with E-state index in [2.05, 4.69) is 22.2 Å². The minimum Gasteiger partial charge on any atom is -0.389 e. The van der Waals surface area contributed by atoms with Crippen LogP contribution in [-0.4, -0.2) is 20.1 Å². The monoisotopic (exact) mass is 402 g/mol. The molecule has 7 heteroatoms. The number of anilines is 1. The largest absolute Gasteiger partial charge is 0.389 e. The van der Waals surface area contributed by atoms with Gasteiger partial charge in [-0.25, -0.2) is 4.68 Å². The van der Waals surface area contributed by atoms with Gasteiger partial charge < -0.3 is 10.4 Å². The molecule has 0 aliphatic rings. The molecule has 0 radical (unpaired) electrons. The molecule has 0 amide bonds. The number of nitrogens with zero attached hydrogens (tertiary/aromatic N) is 3. The second kappa shape index (κ2) is 8.13. The van der Waals surface area contributed by atoms with Gasteiger partial charge >= 0.3 is 0 Å². The van der Waals surface area contributed by atoms with Crippen LogP contribution < -0.4 is 5.32 Å². The van der Waals surface area contributed by atoms with Crippen LogP contribution in [0.3, 0.4) is 0 Å². The second-order valence-electron chi connectivity index (χ2n) is 6.33. The van der Waals surface area contributed by atoms with Crippen molar-refractivity contribution in [2.75, 3.05) is 5.32 Å². The van der Waals surface area contributed by atoms with E-state index in [9.17, 15) is 5.11 Å². The van der Waals surface area contributed by atoms with Gasteiger partial charge in [-0.15, -0.1) is 5.10 Å². The summed E-state index contributed by atoms with van der Waals surface area (Å²) in [7, 11) is 0. The Kier molecular flexibility index (Phi) is 5.85. The predicted octanol–water partition coefficient (Wildman–Crippen LogP) is 5.08. The number of aliphatic hydroxyl groups is 1. The number of aliphatic hydroxyl groups excluding tert-OH is 1. The van der Waals surface area contributed by atoms with Crippen LogP contribution in [0.15, 0.2) is 49.0 Å². The fraction of sp³-hybridized carbons (Fsp3) is 0.200. The number of halogens is 2. The van der Waals surface area contributed by atoms with Gasteiger partial charge in [-0.1, -0.05) is 53.2 Å². The molecule has 3 aromatic rings. The van der Waals surface area contributed by atoms with Crippen LogP contribution in [0.1, 0.15) is 35.5 Å². The van der Waals surface area contributed by atoms with Crippen LogP contribution in [0.2, 0.25) is 10.0 Å². The molecule has 0 spiro atoms. The van der Waals surface area contributed by atoms with Crippen molar-refractivity contribution in [2.45, 2.75) is 26.5 Å². The van der Waals surface area contributed by atoms with Crippen molar-refractivity contribution in [3.63, 3.8) is 0 Å². The summed E-state index contributed by atoms with van der Waals surface area (Å²) in [5, 5.41) is 22.5. The van der Waals surface area contributed by atoms with E-state index in [1.807, 2.05) is 43.3 Å². The van der Waals surface area contributed by atoms with E-state index in [1.54, 1.807) is 17.7 Å². The fourth-order valence-corrected chi connectivity index (χ4v) is 3.03. The van der Waals surface area contributed by atoms with E-state index in [4.69, 9.17) is 23.2 Å². The molecule has 0 fully saturated rings. The van der Waals surface area contributed by atoms with Crippen LogP contribution in [0, 0.1) is 6.92 Å². The lowest BCUT2D eigenvalue weighted by atomic mass is 10.1. The summed E-state index contributed by atoms with van der Waals surface area (Å²) in [5.74, 6) is 0. The Bertz CT molecular complexity index is 982. The lowest BCUT2D eigenvalue weighted by molar-refractivity contribution is 0.199. The topological polar surface area (TPSA) is 63.0 Å². The molecule has 2 aromatic carbocycles. The standard InChI is InChI=1S/C20H20Cl2N4O/c1-12(23-17-6-4-5-16(10-17)14(3)27)20-13(2)26(25-24-20)11-15-7-8-18(21)19(22)9-15/h4-10,14,23,27H,1,11H2,2-3H3. The first-order valence-corrected chi connectivity index (χ1v) is 9.19. The third-order valence-electron chi connectivity index (χ3n) is 4.25. The summed E-state index contributed by atoms with van der Waals surface area (Å²) in [5.41, 5.74) is 4.83. The zero-order chi connectivity index (χ0) is 19.6. The van der Waals surface area contributed by atoms with Gasteiger partial charge in [0, 0.05) is 5.69 Å². The van der Waals surface area contributed by atoms with Crippen LogP contribution in [0.25, 0.3) is 5.70 Å². The van der Waals surface area contributed by atoms with Crippen molar-refractivity contribution in [3.8, 4) is 0 Å². The molecule has 0 bridgehead atoms. The van der Waals surface area contributed by atoms with Crippen molar-refractivity contribution in [1.82, 2.24) is 15.0 Å². The van der Waals surface area contributed by atoms with Crippen molar-refractivity contribution in [3.05, 3.63) is 81.6 Å². The molecule has 2 N–H and O–H groups in total. The first kappa shape index (κ1) is 19.4. The molecule has 1 atom stereocenters. The Balaban J connectivity index is 1.77. The van der Waals surface area contributed by atoms with Gasteiger partial charge in [-0.3, -0.25) is 0 Å². The number of aromatic nitrogens is 3. The normalized spacial score (nSPS) is 12.0. The molecule has 140 valence electrons. The minimum atomic E-state index is -0.533. The van der Waals surface area contributed by atoms with Gasteiger partial charge in [-0.05, 0) is 49.2 Å². The maximum atomic E-state index is 9.73. The van der Waals surface area contributed by atoms with Gasteiger partial charge in [0.25, 0.3) is 0 Å². The zero-order valence-corrected chi connectivity index (χ0v) is 16.6. The summed E-state index contributed by atoms with van der Waals surface area (Å²) in [6, 6.07) is 13.0. The number of hydrogen-bond donors (Lipinski definition) is 2. The molecule has 1 unspecified atom stereocenters. The lowest BCUT2D eigenvalue weighted by Crippen LogP contribution is -2.05. The Morgan fingerprint density at radius 2 is 2.00 bits per heavy atom. The van der Waals surface area contributed by atoms with E-state index in [0.29, 0.717) is 28.0 Å². The van der Waals surface area contributed by atoms with Crippen molar-refractivity contribution >= 4 is 34.6 Å². The van der Waals surface area contributed by atoms with Crippen LogP contribution in [0.5, 0.6) is 0 Å². The summed E-state index contributed by atoms with van der Waals surface area (Å²) in [6.07, 6.45) is -0.533. The van der Waals surface area contributed by atoms with Crippen LogP contribution in [0.4, 0.5) is 5.69 Å². The highest BCUT2D eigenvalue weighted by Crippen LogP contribution is 2.24. The first-order chi connectivity index (χ1) is 12.8. The maximum Gasteiger partial charge on any atom is 0.131 e. The third kappa shape index (κ3) is 4.50.